The van der Waals surface area contributed by atoms with Gasteiger partial charge in [0.15, 0.2) is 6.23 Å². The minimum atomic E-state index is -0.153. The maximum absolute atomic E-state index is 8.35. The second kappa shape index (κ2) is 10.3. The molecule has 1 atom stereocenters. The Morgan fingerprint density at radius 1 is 1.50 bits per heavy atom. The van der Waals surface area contributed by atoms with Crippen LogP contribution in [0.5, 0.6) is 0 Å². The monoisotopic (exact) mass is 249 g/mol. The van der Waals surface area contributed by atoms with Crippen molar-refractivity contribution in [2.24, 2.45) is 5.73 Å². The zero-order valence-corrected chi connectivity index (χ0v) is 10.6. The number of nitrogens with two attached hydrogens (primary N) is 1. The molecule has 18 heavy (non-hydrogen) atoms. The third kappa shape index (κ3) is 5.43. The molecular formula is C13H19N3O2. The molecule has 0 saturated carbocycles. The summed E-state index contributed by atoms with van der Waals surface area (Å²) in [6.45, 7) is 5.43. The standard InChI is InChI=1S/C10H10N2O.C2H7N.CH2O/c11-7-13-10-5-8-3-1-2-4-9(8)6-12-10;1-2-3;1-2/h1-4,10,12H,5-6H2;2-3H2,1H3;1H2. The van der Waals surface area contributed by atoms with Crippen LogP contribution in [0.2, 0.25) is 0 Å². The van der Waals surface area contributed by atoms with Crippen molar-refractivity contribution in [2.75, 3.05) is 6.54 Å². The highest BCUT2D eigenvalue weighted by molar-refractivity contribution is 5.29. The summed E-state index contributed by atoms with van der Waals surface area (Å²) in [6, 6.07) is 8.19. The molecule has 5 nitrogen and oxygen atoms in total. The highest BCUT2D eigenvalue weighted by Gasteiger charge is 2.17. The fourth-order valence-electron chi connectivity index (χ4n) is 1.57. The molecule has 0 aromatic heterocycles. The molecule has 2 rings (SSSR count). The highest BCUT2D eigenvalue weighted by Crippen LogP contribution is 2.16. The lowest BCUT2D eigenvalue weighted by atomic mass is 10.0. The van der Waals surface area contributed by atoms with Gasteiger partial charge in [-0.15, -0.1) is 0 Å². The van der Waals surface area contributed by atoms with E-state index in [1.807, 2.05) is 25.8 Å². The summed E-state index contributed by atoms with van der Waals surface area (Å²) in [5.74, 6) is 0. The van der Waals surface area contributed by atoms with Gasteiger partial charge in [0, 0.05) is 13.0 Å². The summed E-state index contributed by atoms with van der Waals surface area (Å²) in [5, 5.41) is 11.5. The Kier molecular flexibility index (Phi) is 9.18. The molecule has 1 heterocycles. The van der Waals surface area contributed by atoms with Gasteiger partial charge in [-0.05, 0) is 17.7 Å². The Labute approximate surface area is 108 Å². The molecule has 3 N–H and O–H groups in total. The number of benzene rings is 1. The van der Waals surface area contributed by atoms with Gasteiger partial charge in [0.05, 0.1) is 0 Å². The molecule has 0 radical (unpaired) electrons. The third-order valence-corrected chi connectivity index (χ3v) is 2.24. The molecule has 0 bridgehead atoms. The number of ether oxygens (including phenoxy) is 1. The fraction of sp³-hybridized carbons (Fsp3) is 0.385. The van der Waals surface area contributed by atoms with Gasteiger partial charge < -0.3 is 15.3 Å². The van der Waals surface area contributed by atoms with Crippen molar-refractivity contribution in [2.45, 2.75) is 26.1 Å². The van der Waals surface area contributed by atoms with Crippen LogP contribution >= 0.6 is 0 Å². The Balaban J connectivity index is 0.000000509. The Bertz CT molecular complexity index is 377. The Morgan fingerprint density at radius 2 is 2.06 bits per heavy atom. The molecular weight excluding hydrogens is 230 g/mol. The Hall–Kier alpha value is -1.90. The van der Waals surface area contributed by atoms with Gasteiger partial charge in [-0.25, -0.2) is 0 Å². The van der Waals surface area contributed by atoms with Crippen LogP contribution in [0.15, 0.2) is 24.3 Å². The van der Waals surface area contributed by atoms with E-state index in [0.717, 1.165) is 19.5 Å². The summed E-state index contributed by atoms with van der Waals surface area (Å²) in [6.07, 6.45) is 2.32. The predicted molar refractivity (Wildman–Crippen MR) is 69.3 cm³/mol. The van der Waals surface area contributed by atoms with E-state index < -0.39 is 0 Å². The minimum Gasteiger partial charge on any atom is -0.408 e. The second-order valence-corrected chi connectivity index (χ2v) is 3.46. The molecule has 1 aromatic carbocycles. The number of hydrogen-bond donors (Lipinski definition) is 2. The largest absolute Gasteiger partial charge is 0.408 e. The topological polar surface area (TPSA) is 88.1 Å². The number of rotatable bonds is 1. The molecule has 0 aliphatic carbocycles. The average molecular weight is 249 g/mol. The van der Waals surface area contributed by atoms with Crippen LogP contribution in [0.25, 0.3) is 0 Å². The molecule has 0 saturated heterocycles. The smallest absolute Gasteiger partial charge is 0.287 e. The maximum Gasteiger partial charge on any atom is 0.287 e. The number of nitrogens with zero attached hydrogens (tertiary/aromatic N) is 1. The molecule has 1 unspecified atom stereocenters. The van der Waals surface area contributed by atoms with E-state index in [0.29, 0.717) is 0 Å². The van der Waals surface area contributed by atoms with Crippen LogP contribution in [-0.4, -0.2) is 19.6 Å². The number of nitrogens with one attached hydrogen (secondary N) is 1. The van der Waals surface area contributed by atoms with E-state index in [2.05, 4.69) is 17.4 Å². The molecule has 0 fully saturated rings. The number of nitriles is 1. The van der Waals surface area contributed by atoms with E-state index >= 15 is 0 Å². The molecule has 1 aliphatic rings. The van der Waals surface area contributed by atoms with Gasteiger partial charge in [-0.1, -0.05) is 31.2 Å². The predicted octanol–water partition coefficient (Wildman–Crippen LogP) is 0.936. The summed E-state index contributed by atoms with van der Waals surface area (Å²) in [4.78, 5) is 8.00. The van der Waals surface area contributed by atoms with E-state index in [-0.39, 0.29) is 6.23 Å². The van der Waals surface area contributed by atoms with Gasteiger partial charge >= 0.3 is 0 Å². The lowest BCUT2D eigenvalue weighted by Crippen LogP contribution is -2.36. The first-order valence-corrected chi connectivity index (χ1v) is 5.65. The van der Waals surface area contributed by atoms with Crippen LogP contribution in [0.4, 0.5) is 0 Å². The Morgan fingerprint density at radius 3 is 2.61 bits per heavy atom. The zero-order valence-electron chi connectivity index (χ0n) is 10.6. The molecule has 98 valence electrons. The number of hydrogen-bond acceptors (Lipinski definition) is 5. The van der Waals surface area contributed by atoms with Crippen molar-refractivity contribution in [1.82, 2.24) is 5.32 Å². The second-order valence-electron chi connectivity index (χ2n) is 3.46. The van der Waals surface area contributed by atoms with Crippen LogP contribution in [0.3, 0.4) is 0 Å². The van der Waals surface area contributed by atoms with E-state index in [9.17, 15) is 0 Å². The summed E-state index contributed by atoms with van der Waals surface area (Å²) < 4.78 is 4.83. The lowest BCUT2D eigenvalue weighted by Gasteiger charge is -2.23. The van der Waals surface area contributed by atoms with Crippen molar-refractivity contribution < 1.29 is 9.53 Å². The van der Waals surface area contributed by atoms with Gasteiger partial charge in [-0.2, -0.15) is 5.26 Å². The van der Waals surface area contributed by atoms with Crippen molar-refractivity contribution >= 4 is 6.79 Å². The van der Waals surface area contributed by atoms with Crippen LogP contribution < -0.4 is 11.1 Å². The van der Waals surface area contributed by atoms with Gasteiger partial charge in [0.25, 0.3) is 6.26 Å². The van der Waals surface area contributed by atoms with Crippen LogP contribution in [-0.2, 0) is 22.5 Å². The normalized spacial score (nSPS) is 15.7. The zero-order chi connectivity index (χ0) is 13.8. The number of carbonyl (C=O) groups excluding carboxylic acids is 1. The molecule has 1 aromatic rings. The maximum atomic E-state index is 8.35. The molecule has 0 amide bonds. The van der Waals surface area contributed by atoms with E-state index in [1.54, 1.807) is 6.26 Å². The molecule has 5 heteroatoms. The van der Waals surface area contributed by atoms with Crippen molar-refractivity contribution in [1.29, 1.82) is 5.26 Å². The first kappa shape index (κ1) is 16.1. The lowest BCUT2D eigenvalue weighted by molar-refractivity contribution is -0.0979. The van der Waals surface area contributed by atoms with Crippen molar-refractivity contribution in [3.63, 3.8) is 0 Å². The van der Waals surface area contributed by atoms with Crippen molar-refractivity contribution in [3.05, 3.63) is 35.4 Å². The van der Waals surface area contributed by atoms with Gasteiger partial charge in [-0.3, -0.25) is 5.32 Å². The SMILES string of the molecule is C=O.CCN.N#COC1Cc2ccccc2CN1. The first-order valence-electron chi connectivity index (χ1n) is 5.65. The van der Waals surface area contributed by atoms with Crippen LogP contribution in [0, 0.1) is 11.5 Å². The quantitative estimate of drug-likeness (QED) is 0.723. The summed E-state index contributed by atoms with van der Waals surface area (Å²) >= 11 is 0. The fourth-order valence-corrected chi connectivity index (χ4v) is 1.57. The third-order valence-electron chi connectivity index (χ3n) is 2.24. The van der Waals surface area contributed by atoms with E-state index in [4.69, 9.17) is 20.5 Å². The summed E-state index contributed by atoms with van der Waals surface area (Å²) in [7, 11) is 0. The minimum absolute atomic E-state index is 0.153. The number of fused-ring (bicyclic) bond motifs is 1. The van der Waals surface area contributed by atoms with E-state index in [1.165, 1.54) is 11.1 Å². The van der Waals surface area contributed by atoms with Gasteiger partial charge in [0.1, 0.15) is 6.79 Å². The average Bonchev–Trinajstić information content (AvgIpc) is 2.42. The molecule has 0 spiro atoms. The first-order chi connectivity index (χ1) is 8.81. The van der Waals surface area contributed by atoms with Crippen LogP contribution in [0.1, 0.15) is 18.1 Å². The van der Waals surface area contributed by atoms with Gasteiger partial charge in [0.2, 0.25) is 0 Å². The number of carbonyl (C=O) groups is 1. The highest BCUT2D eigenvalue weighted by atomic mass is 16.5. The molecule has 1 aliphatic heterocycles. The van der Waals surface area contributed by atoms with Crippen molar-refractivity contribution in [3.8, 4) is 6.26 Å². The summed E-state index contributed by atoms with van der Waals surface area (Å²) in [5.41, 5.74) is 7.40.